The van der Waals surface area contributed by atoms with Gasteiger partial charge in [-0.05, 0) is 36.2 Å². The maximum Gasteiger partial charge on any atom is 0.307 e. The molecule has 0 saturated carbocycles. The number of nitrogens with one attached hydrogen (secondary N) is 1. The molecule has 0 amide bonds. The minimum Gasteiger partial charge on any atom is -0.481 e. The Labute approximate surface area is 115 Å². The number of carboxylic acid groups (broad SMARTS) is 1. The van der Waals surface area contributed by atoms with Gasteiger partial charge >= 0.3 is 5.97 Å². The maximum atomic E-state index is 10.9. The molecule has 96 valence electrons. The van der Waals surface area contributed by atoms with Gasteiger partial charge in [0.15, 0.2) is 0 Å². The van der Waals surface area contributed by atoms with Crippen LogP contribution < -0.4 is 5.32 Å². The lowest BCUT2D eigenvalue weighted by Crippen LogP contribution is -2.07. The third-order valence-electron chi connectivity index (χ3n) is 3.25. The van der Waals surface area contributed by atoms with Crippen LogP contribution in [-0.2, 0) is 11.2 Å². The highest BCUT2D eigenvalue weighted by atomic mass is 32.2. The molecule has 0 unspecified atom stereocenters. The highest BCUT2D eigenvalue weighted by Crippen LogP contribution is 2.45. The molecule has 3 nitrogen and oxygen atoms in total. The molecule has 1 aliphatic rings. The van der Waals surface area contributed by atoms with Crippen molar-refractivity contribution in [2.75, 3.05) is 5.32 Å². The predicted molar refractivity (Wildman–Crippen MR) is 76.4 cm³/mol. The number of carboxylic acids is 1. The fourth-order valence-electron chi connectivity index (χ4n) is 2.24. The summed E-state index contributed by atoms with van der Waals surface area (Å²) >= 11 is 1.71. The van der Waals surface area contributed by atoms with Crippen LogP contribution in [0.2, 0.25) is 0 Å². The topological polar surface area (TPSA) is 49.3 Å². The summed E-state index contributed by atoms with van der Waals surface area (Å²) in [6, 6.07) is 12.0. The van der Waals surface area contributed by atoms with Crippen LogP contribution in [0.4, 0.5) is 11.4 Å². The van der Waals surface area contributed by atoms with Crippen molar-refractivity contribution in [3.8, 4) is 0 Å². The van der Waals surface area contributed by atoms with E-state index in [0.717, 1.165) is 27.4 Å². The first kappa shape index (κ1) is 12.1. The van der Waals surface area contributed by atoms with Crippen molar-refractivity contribution in [1.82, 2.24) is 0 Å². The van der Waals surface area contributed by atoms with Crippen molar-refractivity contribution in [2.45, 2.75) is 23.1 Å². The van der Waals surface area contributed by atoms with Crippen LogP contribution in [0, 0.1) is 6.92 Å². The van der Waals surface area contributed by atoms with E-state index in [1.807, 2.05) is 37.3 Å². The van der Waals surface area contributed by atoms with E-state index in [1.54, 1.807) is 11.8 Å². The van der Waals surface area contributed by atoms with Crippen LogP contribution in [0.3, 0.4) is 0 Å². The van der Waals surface area contributed by atoms with Crippen LogP contribution in [0.5, 0.6) is 0 Å². The third-order valence-corrected chi connectivity index (χ3v) is 4.38. The monoisotopic (exact) mass is 271 g/mol. The van der Waals surface area contributed by atoms with Crippen molar-refractivity contribution in [3.05, 3.63) is 47.5 Å². The van der Waals surface area contributed by atoms with Crippen molar-refractivity contribution < 1.29 is 9.90 Å². The molecular weight excluding hydrogens is 258 g/mol. The molecule has 2 aromatic rings. The van der Waals surface area contributed by atoms with Crippen molar-refractivity contribution in [2.24, 2.45) is 0 Å². The predicted octanol–water partition coefficient (Wildman–Crippen LogP) is 3.83. The Morgan fingerprint density at radius 3 is 2.79 bits per heavy atom. The van der Waals surface area contributed by atoms with Gasteiger partial charge in [0, 0.05) is 9.79 Å². The molecule has 0 bridgehead atoms. The average molecular weight is 271 g/mol. The lowest BCUT2D eigenvalue weighted by molar-refractivity contribution is -0.136. The molecule has 2 aromatic carbocycles. The van der Waals surface area contributed by atoms with Crippen LogP contribution in [0.25, 0.3) is 0 Å². The first-order valence-corrected chi connectivity index (χ1v) is 6.85. The normalized spacial score (nSPS) is 12.3. The Morgan fingerprint density at radius 1 is 1.21 bits per heavy atom. The molecule has 0 aromatic heterocycles. The van der Waals surface area contributed by atoms with Gasteiger partial charge in [0.2, 0.25) is 0 Å². The fraction of sp³-hybridized carbons (Fsp3) is 0.133. The number of benzene rings is 2. The number of carbonyl (C=O) groups is 1. The second-order valence-corrected chi connectivity index (χ2v) is 5.60. The molecule has 1 aliphatic heterocycles. The summed E-state index contributed by atoms with van der Waals surface area (Å²) in [7, 11) is 0. The lowest BCUT2D eigenvalue weighted by atomic mass is 10.0. The molecule has 19 heavy (non-hydrogen) atoms. The molecule has 0 atom stereocenters. The molecule has 3 rings (SSSR count). The number of rotatable bonds is 2. The number of anilines is 2. The van der Waals surface area contributed by atoms with Gasteiger partial charge in [-0.25, -0.2) is 0 Å². The molecule has 2 N–H and O–H groups in total. The number of fused-ring (bicyclic) bond motifs is 2. The Bertz CT molecular complexity index is 667. The third kappa shape index (κ3) is 2.19. The smallest absolute Gasteiger partial charge is 0.307 e. The number of para-hydroxylation sites is 1. The maximum absolute atomic E-state index is 10.9. The van der Waals surface area contributed by atoms with E-state index in [0.29, 0.717) is 0 Å². The Morgan fingerprint density at radius 2 is 2.00 bits per heavy atom. The van der Waals surface area contributed by atoms with E-state index in [2.05, 4.69) is 11.4 Å². The van der Waals surface area contributed by atoms with Crippen molar-refractivity contribution >= 4 is 29.1 Å². The number of hydrogen-bond donors (Lipinski definition) is 2. The zero-order chi connectivity index (χ0) is 13.4. The van der Waals surface area contributed by atoms with Crippen molar-refractivity contribution in [3.63, 3.8) is 0 Å². The van der Waals surface area contributed by atoms with E-state index < -0.39 is 5.97 Å². The van der Waals surface area contributed by atoms with Crippen molar-refractivity contribution in [1.29, 1.82) is 0 Å². The standard InChI is InChI=1S/C15H13NO2S/c1-9-10(8-14(17)18)6-7-13-15(9)16-11-4-2-3-5-12(11)19-13/h2-7,16H,8H2,1H3,(H,17,18). The fourth-order valence-corrected chi connectivity index (χ4v) is 3.29. The van der Waals surface area contributed by atoms with Gasteiger partial charge in [0.05, 0.1) is 17.8 Å². The zero-order valence-electron chi connectivity index (χ0n) is 10.4. The molecule has 4 heteroatoms. The Balaban J connectivity index is 2.04. The molecular formula is C15H13NO2S. The largest absolute Gasteiger partial charge is 0.481 e. The first-order chi connectivity index (χ1) is 9.15. The minimum absolute atomic E-state index is 0.0626. The van der Waals surface area contributed by atoms with Crippen LogP contribution in [0.1, 0.15) is 11.1 Å². The molecule has 0 aliphatic carbocycles. The van der Waals surface area contributed by atoms with Gasteiger partial charge in [-0.1, -0.05) is 30.0 Å². The van der Waals surface area contributed by atoms with E-state index in [-0.39, 0.29) is 6.42 Å². The summed E-state index contributed by atoms with van der Waals surface area (Å²) in [6.07, 6.45) is 0.0626. The SMILES string of the molecule is Cc1c(CC(=O)O)ccc2c1Nc1ccccc1S2. The van der Waals surface area contributed by atoms with Gasteiger partial charge < -0.3 is 10.4 Å². The first-order valence-electron chi connectivity index (χ1n) is 6.03. The van der Waals surface area contributed by atoms with Gasteiger partial charge in [0.25, 0.3) is 0 Å². The van der Waals surface area contributed by atoms with E-state index >= 15 is 0 Å². The zero-order valence-corrected chi connectivity index (χ0v) is 11.3. The minimum atomic E-state index is -0.799. The summed E-state index contributed by atoms with van der Waals surface area (Å²) in [6.45, 7) is 1.97. The molecule has 0 fully saturated rings. The van der Waals surface area contributed by atoms with Gasteiger partial charge in [-0.2, -0.15) is 0 Å². The summed E-state index contributed by atoms with van der Waals surface area (Å²) in [5, 5.41) is 12.3. The molecule has 0 saturated heterocycles. The van der Waals surface area contributed by atoms with Crippen LogP contribution in [-0.4, -0.2) is 11.1 Å². The number of aliphatic carboxylic acids is 1. The summed E-state index contributed by atoms with van der Waals surface area (Å²) in [4.78, 5) is 13.2. The molecule has 1 heterocycles. The highest BCUT2D eigenvalue weighted by molar-refractivity contribution is 7.99. The van der Waals surface area contributed by atoms with Crippen LogP contribution >= 0.6 is 11.8 Å². The van der Waals surface area contributed by atoms with Gasteiger partial charge in [-0.3, -0.25) is 4.79 Å². The van der Waals surface area contributed by atoms with E-state index in [4.69, 9.17) is 5.11 Å². The van der Waals surface area contributed by atoms with Gasteiger partial charge in [0.1, 0.15) is 0 Å². The summed E-state index contributed by atoms with van der Waals surface area (Å²) in [5.74, 6) is -0.799. The number of hydrogen-bond acceptors (Lipinski definition) is 3. The Hall–Kier alpha value is -1.94. The van der Waals surface area contributed by atoms with Crippen LogP contribution in [0.15, 0.2) is 46.2 Å². The van der Waals surface area contributed by atoms with E-state index in [1.165, 1.54) is 4.90 Å². The second kappa shape index (κ2) is 4.63. The lowest BCUT2D eigenvalue weighted by Gasteiger charge is -2.23. The second-order valence-electron chi connectivity index (χ2n) is 4.52. The molecule has 0 spiro atoms. The summed E-state index contributed by atoms with van der Waals surface area (Å²) in [5.41, 5.74) is 3.98. The Kier molecular flexibility index (Phi) is 2.95. The average Bonchev–Trinajstić information content (AvgIpc) is 2.40. The molecule has 0 radical (unpaired) electrons. The van der Waals surface area contributed by atoms with Gasteiger partial charge in [-0.15, -0.1) is 0 Å². The summed E-state index contributed by atoms with van der Waals surface area (Å²) < 4.78 is 0. The van der Waals surface area contributed by atoms with E-state index in [9.17, 15) is 4.79 Å². The quantitative estimate of drug-likeness (QED) is 0.743. The highest BCUT2D eigenvalue weighted by Gasteiger charge is 2.19.